The first kappa shape index (κ1) is 13.8. The van der Waals surface area contributed by atoms with Crippen molar-refractivity contribution in [1.82, 2.24) is 5.32 Å². The number of carbonyl (C=O) groups excluding carboxylic acids is 3. The monoisotopic (exact) mass is 269 g/mol. The topological polar surface area (TPSA) is 81.7 Å². The minimum Gasteiger partial charge on any atom is -0.462 e. The Morgan fingerprint density at radius 3 is 2.68 bits per heavy atom. The van der Waals surface area contributed by atoms with E-state index < -0.39 is 17.5 Å². The molecule has 1 amide bonds. The van der Waals surface area contributed by atoms with Gasteiger partial charge in [0.05, 0.1) is 5.92 Å². The Morgan fingerprint density at radius 2 is 2.16 bits per heavy atom. The molecule has 0 spiro atoms. The number of hydrogen-bond acceptors (Lipinski definition) is 5. The third-order valence-electron chi connectivity index (χ3n) is 3.58. The van der Waals surface area contributed by atoms with Crippen LogP contribution in [0.1, 0.15) is 27.2 Å². The van der Waals surface area contributed by atoms with Crippen LogP contribution in [0.3, 0.4) is 0 Å². The second-order valence-corrected chi connectivity index (χ2v) is 5.95. The summed E-state index contributed by atoms with van der Waals surface area (Å²) in [6.45, 7) is 5.85. The molecular formula is C13H19NO5. The minimum atomic E-state index is -0.818. The molecule has 0 aromatic rings. The van der Waals surface area contributed by atoms with Gasteiger partial charge < -0.3 is 14.8 Å². The highest BCUT2D eigenvalue weighted by molar-refractivity contribution is 5.83. The van der Waals surface area contributed by atoms with E-state index >= 15 is 0 Å². The Morgan fingerprint density at radius 1 is 1.47 bits per heavy atom. The molecule has 2 rings (SSSR count). The Balaban J connectivity index is 1.83. The summed E-state index contributed by atoms with van der Waals surface area (Å²) in [5.74, 6) is -1.04. The molecule has 1 heterocycles. The number of nitrogens with one attached hydrogen (secondary N) is 1. The van der Waals surface area contributed by atoms with E-state index in [2.05, 4.69) is 5.32 Å². The Labute approximate surface area is 111 Å². The van der Waals surface area contributed by atoms with E-state index in [0.29, 0.717) is 13.0 Å². The molecule has 0 unspecified atom stereocenters. The first-order valence-corrected chi connectivity index (χ1v) is 6.43. The van der Waals surface area contributed by atoms with Gasteiger partial charge >= 0.3 is 11.9 Å². The summed E-state index contributed by atoms with van der Waals surface area (Å²) in [6.07, 6.45) is -0.122. The first-order valence-electron chi connectivity index (χ1n) is 6.43. The lowest BCUT2D eigenvalue weighted by atomic mass is 9.90. The molecule has 6 heteroatoms. The summed E-state index contributed by atoms with van der Waals surface area (Å²) in [4.78, 5) is 34.2. The zero-order chi connectivity index (χ0) is 14.2. The molecular weight excluding hydrogens is 250 g/mol. The van der Waals surface area contributed by atoms with Gasteiger partial charge in [0, 0.05) is 18.9 Å². The van der Waals surface area contributed by atoms with Gasteiger partial charge in [-0.15, -0.1) is 0 Å². The third-order valence-corrected chi connectivity index (χ3v) is 3.58. The number of cyclic esters (lactones) is 1. The fourth-order valence-electron chi connectivity index (χ4n) is 2.18. The van der Waals surface area contributed by atoms with Crippen LogP contribution in [0.15, 0.2) is 0 Å². The van der Waals surface area contributed by atoms with Gasteiger partial charge in [0.2, 0.25) is 12.0 Å². The van der Waals surface area contributed by atoms with E-state index in [4.69, 9.17) is 9.47 Å². The normalized spacial score (nSPS) is 31.5. The van der Waals surface area contributed by atoms with Crippen molar-refractivity contribution >= 4 is 17.8 Å². The van der Waals surface area contributed by atoms with Crippen LogP contribution in [0.5, 0.6) is 0 Å². The van der Waals surface area contributed by atoms with Gasteiger partial charge in [-0.05, 0) is 12.3 Å². The van der Waals surface area contributed by atoms with Crippen molar-refractivity contribution in [1.29, 1.82) is 0 Å². The first-order chi connectivity index (χ1) is 8.81. The smallest absolute Gasteiger partial charge is 0.348 e. The average Bonchev–Trinajstić information content (AvgIpc) is 3.04. The van der Waals surface area contributed by atoms with Gasteiger partial charge in [0.1, 0.15) is 6.61 Å². The maximum atomic E-state index is 11.9. The molecule has 0 bridgehead atoms. The second-order valence-electron chi connectivity index (χ2n) is 5.95. The molecule has 1 aliphatic carbocycles. The summed E-state index contributed by atoms with van der Waals surface area (Å²) >= 11 is 0. The van der Waals surface area contributed by atoms with E-state index in [9.17, 15) is 14.4 Å². The van der Waals surface area contributed by atoms with Gasteiger partial charge in [-0.1, -0.05) is 13.8 Å². The van der Waals surface area contributed by atoms with Gasteiger partial charge in [-0.3, -0.25) is 9.59 Å². The molecule has 1 N–H and O–H groups in total. The van der Waals surface area contributed by atoms with E-state index in [1.165, 1.54) is 6.92 Å². The maximum absolute atomic E-state index is 11.9. The van der Waals surface area contributed by atoms with Crippen molar-refractivity contribution in [2.75, 3.05) is 13.2 Å². The van der Waals surface area contributed by atoms with Crippen molar-refractivity contribution < 1.29 is 23.9 Å². The lowest BCUT2D eigenvalue weighted by Crippen LogP contribution is -2.35. The Bertz CT molecular complexity index is 417. The van der Waals surface area contributed by atoms with Crippen molar-refractivity contribution in [3.63, 3.8) is 0 Å². The highest BCUT2D eigenvalue weighted by Crippen LogP contribution is 2.40. The largest absolute Gasteiger partial charge is 0.462 e. The summed E-state index contributed by atoms with van der Waals surface area (Å²) in [7, 11) is 0. The number of rotatable bonds is 4. The molecule has 1 saturated carbocycles. The molecule has 0 radical (unpaired) electrons. The van der Waals surface area contributed by atoms with Crippen LogP contribution in [0, 0.1) is 17.3 Å². The highest BCUT2D eigenvalue weighted by Gasteiger charge is 2.50. The Hall–Kier alpha value is -1.59. The van der Waals surface area contributed by atoms with Crippen molar-refractivity contribution in [3.8, 4) is 0 Å². The lowest BCUT2D eigenvalue weighted by molar-refractivity contribution is -0.164. The maximum Gasteiger partial charge on any atom is 0.348 e. The quantitative estimate of drug-likeness (QED) is 0.740. The van der Waals surface area contributed by atoms with Crippen molar-refractivity contribution in [2.45, 2.75) is 33.3 Å². The lowest BCUT2D eigenvalue weighted by Gasteiger charge is -2.21. The summed E-state index contributed by atoms with van der Waals surface area (Å²) in [5.41, 5.74) is -0.477. The number of esters is 2. The molecule has 2 aliphatic rings. The number of hydrogen-bond donors (Lipinski definition) is 1. The van der Waals surface area contributed by atoms with E-state index in [-0.39, 0.29) is 30.3 Å². The van der Waals surface area contributed by atoms with Crippen LogP contribution in [0.25, 0.3) is 0 Å². The van der Waals surface area contributed by atoms with Crippen LogP contribution in [0.2, 0.25) is 0 Å². The van der Waals surface area contributed by atoms with E-state index in [1.54, 1.807) is 0 Å². The van der Waals surface area contributed by atoms with Crippen molar-refractivity contribution in [2.24, 2.45) is 17.3 Å². The number of amides is 1. The predicted octanol–water partition coefficient (Wildman–Crippen LogP) is 0.253. The van der Waals surface area contributed by atoms with Crippen LogP contribution in [0.4, 0.5) is 0 Å². The van der Waals surface area contributed by atoms with E-state index in [1.807, 2.05) is 13.8 Å². The molecule has 3 atom stereocenters. The zero-order valence-electron chi connectivity index (χ0n) is 11.4. The molecule has 1 aliphatic heterocycles. The molecule has 106 valence electrons. The fraction of sp³-hybridized carbons (Fsp3) is 0.769. The minimum absolute atomic E-state index is 0.112. The number of ether oxygens (including phenoxy) is 2. The van der Waals surface area contributed by atoms with Crippen LogP contribution >= 0.6 is 0 Å². The predicted molar refractivity (Wildman–Crippen MR) is 64.9 cm³/mol. The zero-order valence-corrected chi connectivity index (χ0v) is 11.4. The standard InChI is InChI=1S/C13H19NO5/c1-7(15)14-5-8-4-9(8)11(16)19-10-12(17)18-6-13(10,2)3/h8-10H,4-6H2,1-3H3,(H,14,15)/t8-,9-,10-/m0/s1. The molecule has 0 aromatic heterocycles. The highest BCUT2D eigenvalue weighted by atomic mass is 16.6. The van der Waals surface area contributed by atoms with Crippen LogP contribution < -0.4 is 5.32 Å². The van der Waals surface area contributed by atoms with Gasteiger partial charge in [0.15, 0.2) is 0 Å². The summed E-state index contributed by atoms with van der Waals surface area (Å²) in [5, 5.41) is 2.67. The van der Waals surface area contributed by atoms with Gasteiger partial charge in [0.25, 0.3) is 0 Å². The molecule has 6 nitrogen and oxygen atoms in total. The van der Waals surface area contributed by atoms with Gasteiger partial charge in [-0.2, -0.15) is 0 Å². The van der Waals surface area contributed by atoms with Crippen LogP contribution in [-0.2, 0) is 23.9 Å². The number of carbonyl (C=O) groups is 3. The fourth-order valence-corrected chi connectivity index (χ4v) is 2.18. The molecule has 2 fully saturated rings. The molecule has 0 aromatic carbocycles. The average molecular weight is 269 g/mol. The van der Waals surface area contributed by atoms with Gasteiger partial charge in [-0.25, -0.2) is 4.79 Å². The molecule has 1 saturated heterocycles. The summed E-state index contributed by atoms with van der Waals surface area (Å²) < 4.78 is 10.2. The Kier molecular flexibility index (Phi) is 3.52. The SMILES string of the molecule is CC(=O)NC[C@@H]1C[C@@H]1C(=O)O[C@H]1C(=O)OCC1(C)C. The van der Waals surface area contributed by atoms with E-state index in [0.717, 1.165) is 0 Å². The third kappa shape index (κ3) is 3.05. The second kappa shape index (κ2) is 4.83. The molecule has 19 heavy (non-hydrogen) atoms. The summed E-state index contributed by atoms with van der Waals surface area (Å²) in [6, 6.07) is 0. The van der Waals surface area contributed by atoms with Crippen molar-refractivity contribution in [3.05, 3.63) is 0 Å². The van der Waals surface area contributed by atoms with Crippen LogP contribution in [-0.4, -0.2) is 37.1 Å².